The Bertz CT molecular complexity index is 494. The van der Waals surface area contributed by atoms with Gasteiger partial charge in [0.2, 0.25) is 0 Å². The van der Waals surface area contributed by atoms with Gasteiger partial charge >= 0.3 is 0 Å². The minimum absolute atomic E-state index is 0.327. The van der Waals surface area contributed by atoms with Crippen LogP contribution in [0.15, 0.2) is 24.3 Å². The second-order valence-electron chi connectivity index (χ2n) is 7.86. The molecule has 1 aliphatic heterocycles. The van der Waals surface area contributed by atoms with Crippen LogP contribution in [-0.2, 0) is 5.41 Å². The molecule has 0 spiro atoms. The maximum Gasteiger partial charge on any atom is 0.0326 e. The highest BCUT2D eigenvalue weighted by Gasteiger charge is 2.34. The summed E-state index contributed by atoms with van der Waals surface area (Å²) in [6, 6.07) is 10.3. The number of nitrogens with zero attached hydrogens (tertiary/aromatic N) is 1. The lowest BCUT2D eigenvalue weighted by atomic mass is 9.70. The molecule has 3 rings (SSSR count). The molecule has 21 heavy (non-hydrogen) atoms. The fraction of sp³-hybridized carbons (Fsp3) is 0.684. The summed E-state index contributed by atoms with van der Waals surface area (Å²) in [5, 5.41) is 4.00. The van der Waals surface area contributed by atoms with E-state index in [9.17, 15) is 0 Å². The molecule has 0 saturated carbocycles. The highest BCUT2D eigenvalue weighted by atomic mass is 15.1. The Morgan fingerprint density at radius 3 is 2.71 bits per heavy atom. The van der Waals surface area contributed by atoms with Gasteiger partial charge in [-0.15, -0.1) is 0 Å². The van der Waals surface area contributed by atoms with E-state index in [2.05, 4.69) is 62.3 Å². The summed E-state index contributed by atoms with van der Waals surface area (Å²) < 4.78 is 0. The zero-order valence-electron chi connectivity index (χ0n) is 14.0. The molecule has 2 aliphatic rings. The van der Waals surface area contributed by atoms with Gasteiger partial charge in [-0.3, -0.25) is 0 Å². The monoisotopic (exact) mass is 286 g/mol. The van der Waals surface area contributed by atoms with E-state index < -0.39 is 0 Å². The molecule has 1 aromatic rings. The highest BCUT2D eigenvalue weighted by molar-refractivity contribution is 5.38. The molecule has 116 valence electrons. The Hall–Kier alpha value is -0.860. The molecule has 2 nitrogen and oxygen atoms in total. The third kappa shape index (κ3) is 3.02. The van der Waals surface area contributed by atoms with Gasteiger partial charge in [0.15, 0.2) is 0 Å². The molecule has 1 aliphatic carbocycles. The second kappa shape index (κ2) is 5.73. The van der Waals surface area contributed by atoms with Crippen molar-refractivity contribution in [2.45, 2.75) is 57.5 Å². The van der Waals surface area contributed by atoms with Gasteiger partial charge in [-0.2, -0.15) is 0 Å². The lowest BCUT2D eigenvalue weighted by Gasteiger charge is -2.42. The van der Waals surface area contributed by atoms with Gasteiger partial charge in [0.25, 0.3) is 0 Å². The Morgan fingerprint density at radius 2 is 1.95 bits per heavy atom. The quantitative estimate of drug-likeness (QED) is 0.891. The van der Waals surface area contributed by atoms with Crippen molar-refractivity contribution in [3.05, 3.63) is 35.4 Å². The molecule has 3 unspecified atom stereocenters. The fourth-order valence-electron chi connectivity index (χ4n) is 4.25. The molecule has 1 heterocycles. The van der Waals surface area contributed by atoms with Crippen LogP contribution in [0.3, 0.4) is 0 Å². The Labute approximate surface area is 129 Å². The van der Waals surface area contributed by atoms with Crippen molar-refractivity contribution in [1.82, 2.24) is 10.2 Å². The van der Waals surface area contributed by atoms with Crippen molar-refractivity contribution in [3.63, 3.8) is 0 Å². The van der Waals surface area contributed by atoms with Crippen LogP contribution >= 0.6 is 0 Å². The van der Waals surface area contributed by atoms with Crippen LogP contribution in [0.25, 0.3) is 0 Å². The maximum atomic E-state index is 4.00. The van der Waals surface area contributed by atoms with Crippen molar-refractivity contribution < 1.29 is 0 Å². The zero-order chi connectivity index (χ0) is 15.0. The molecule has 0 radical (unpaired) electrons. The van der Waals surface area contributed by atoms with Gasteiger partial charge < -0.3 is 10.2 Å². The van der Waals surface area contributed by atoms with Crippen LogP contribution in [0.2, 0.25) is 0 Å². The van der Waals surface area contributed by atoms with Gasteiger partial charge in [0, 0.05) is 18.6 Å². The van der Waals surface area contributed by atoms with Crippen molar-refractivity contribution in [2.24, 2.45) is 5.92 Å². The van der Waals surface area contributed by atoms with Gasteiger partial charge in [-0.05, 0) is 55.3 Å². The molecule has 0 bridgehead atoms. The first-order chi connectivity index (χ1) is 9.97. The Kier molecular flexibility index (Phi) is 4.11. The van der Waals surface area contributed by atoms with E-state index in [4.69, 9.17) is 0 Å². The summed E-state index contributed by atoms with van der Waals surface area (Å²) in [7, 11) is 2.24. The van der Waals surface area contributed by atoms with Crippen molar-refractivity contribution in [3.8, 4) is 0 Å². The molecular formula is C19H30N2. The third-order valence-corrected chi connectivity index (χ3v) is 5.65. The van der Waals surface area contributed by atoms with E-state index in [0.29, 0.717) is 17.5 Å². The molecule has 2 heteroatoms. The Morgan fingerprint density at radius 1 is 1.19 bits per heavy atom. The summed E-state index contributed by atoms with van der Waals surface area (Å²) in [6.07, 6.45) is 3.82. The zero-order valence-corrected chi connectivity index (χ0v) is 14.0. The summed E-state index contributed by atoms with van der Waals surface area (Å²) in [6.45, 7) is 9.62. The van der Waals surface area contributed by atoms with Crippen molar-refractivity contribution >= 4 is 0 Å². The predicted molar refractivity (Wildman–Crippen MR) is 89.6 cm³/mol. The number of rotatable bonds is 2. The minimum Gasteiger partial charge on any atom is -0.307 e. The van der Waals surface area contributed by atoms with Crippen LogP contribution in [0, 0.1) is 5.92 Å². The number of likely N-dealkylation sites (tertiary alicyclic amines) is 1. The van der Waals surface area contributed by atoms with Crippen molar-refractivity contribution in [2.75, 3.05) is 20.1 Å². The van der Waals surface area contributed by atoms with Gasteiger partial charge in [-0.25, -0.2) is 0 Å². The first kappa shape index (κ1) is 15.1. The Balaban J connectivity index is 1.78. The minimum atomic E-state index is 0.327. The highest BCUT2D eigenvalue weighted by Crippen LogP contribution is 2.41. The van der Waals surface area contributed by atoms with Gasteiger partial charge in [0.1, 0.15) is 0 Å². The van der Waals surface area contributed by atoms with Crippen LogP contribution in [0.4, 0.5) is 0 Å². The average Bonchev–Trinajstić information content (AvgIpc) is 2.45. The topological polar surface area (TPSA) is 15.3 Å². The standard InChI is InChI=1S/C19H30N2/c1-14-13-21(4)12-10-17(14)20-18-9-11-19(2,3)16-8-6-5-7-15(16)18/h5-8,14,17-18,20H,9-13H2,1-4H3. The molecular weight excluding hydrogens is 256 g/mol. The van der Waals surface area contributed by atoms with E-state index in [-0.39, 0.29) is 0 Å². The lowest BCUT2D eigenvalue weighted by molar-refractivity contribution is 0.160. The average molecular weight is 286 g/mol. The van der Waals surface area contributed by atoms with E-state index in [1.54, 1.807) is 11.1 Å². The number of benzene rings is 1. The van der Waals surface area contributed by atoms with E-state index in [1.807, 2.05) is 0 Å². The number of nitrogens with one attached hydrogen (secondary N) is 1. The number of fused-ring (bicyclic) bond motifs is 1. The number of hydrogen-bond donors (Lipinski definition) is 1. The van der Waals surface area contributed by atoms with Crippen LogP contribution in [0.5, 0.6) is 0 Å². The summed E-state index contributed by atoms with van der Waals surface area (Å²) >= 11 is 0. The first-order valence-corrected chi connectivity index (χ1v) is 8.51. The van der Waals surface area contributed by atoms with Crippen LogP contribution < -0.4 is 5.32 Å². The molecule has 1 N–H and O–H groups in total. The van der Waals surface area contributed by atoms with Gasteiger partial charge in [-0.1, -0.05) is 45.0 Å². The number of hydrogen-bond acceptors (Lipinski definition) is 2. The lowest BCUT2D eigenvalue weighted by Crippen LogP contribution is -2.49. The smallest absolute Gasteiger partial charge is 0.0326 e. The summed E-state index contributed by atoms with van der Waals surface area (Å²) in [5.41, 5.74) is 3.42. The first-order valence-electron chi connectivity index (χ1n) is 8.51. The summed E-state index contributed by atoms with van der Waals surface area (Å²) in [5.74, 6) is 0.742. The molecule has 1 aromatic carbocycles. The molecule has 0 aromatic heterocycles. The van der Waals surface area contributed by atoms with Crippen LogP contribution in [-0.4, -0.2) is 31.1 Å². The predicted octanol–water partition coefficient (Wildman–Crippen LogP) is 3.73. The van der Waals surface area contributed by atoms with Gasteiger partial charge in [0.05, 0.1) is 0 Å². The fourth-order valence-corrected chi connectivity index (χ4v) is 4.25. The normalized spacial score (nSPS) is 32.7. The maximum absolute atomic E-state index is 4.00. The van der Waals surface area contributed by atoms with Crippen molar-refractivity contribution in [1.29, 1.82) is 0 Å². The largest absolute Gasteiger partial charge is 0.307 e. The number of piperidine rings is 1. The second-order valence-corrected chi connectivity index (χ2v) is 7.86. The molecule has 1 saturated heterocycles. The molecule has 1 fully saturated rings. The SMILES string of the molecule is CC1CN(C)CCC1NC1CCC(C)(C)c2ccccc21. The van der Waals surface area contributed by atoms with Crippen LogP contribution in [0.1, 0.15) is 57.2 Å². The summed E-state index contributed by atoms with van der Waals surface area (Å²) in [4.78, 5) is 2.46. The van der Waals surface area contributed by atoms with E-state index in [1.165, 1.54) is 32.4 Å². The molecule has 3 atom stereocenters. The third-order valence-electron chi connectivity index (χ3n) is 5.65. The van der Waals surface area contributed by atoms with E-state index in [0.717, 1.165) is 5.92 Å². The molecule has 0 amide bonds. The van der Waals surface area contributed by atoms with E-state index >= 15 is 0 Å².